The highest BCUT2D eigenvalue weighted by molar-refractivity contribution is 7.89. The molecule has 9 heteroatoms. The van der Waals surface area contributed by atoms with Crippen LogP contribution in [0.4, 0.5) is 5.69 Å². The zero-order valence-electron chi connectivity index (χ0n) is 10.2. The van der Waals surface area contributed by atoms with E-state index in [2.05, 4.69) is 29.7 Å². The molecule has 0 aliphatic heterocycles. The Bertz CT molecular complexity index is 626. The smallest absolute Gasteiger partial charge is 0.260 e. The minimum atomic E-state index is -3.73. The summed E-state index contributed by atoms with van der Waals surface area (Å²) in [4.78, 5) is 7.62. The van der Waals surface area contributed by atoms with Crippen LogP contribution in [0.25, 0.3) is 0 Å². The van der Waals surface area contributed by atoms with Gasteiger partial charge in [-0.05, 0) is 19.1 Å². The Morgan fingerprint density at radius 2 is 2.21 bits per heavy atom. The van der Waals surface area contributed by atoms with Crippen molar-refractivity contribution in [3.05, 3.63) is 30.5 Å². The van der Waals surface area contributed by atoms with Gasteiger partial charge in [-0.15, -0.1) is 0 Å². The van der Waals surface area contributed by atoms with Gasteiger partial charge in [0.05, 0.1) is 12.2 Å². The van der Waals surface area contributed by atoms with Crippen molar-refractivity contribution in [2.75, 3.05) is 11.9 Å². The van der Waals surface area contributed by atoms with Gasteiger partial charge in [0, 0.05) is 12.7 Å². The summed E-state index contributed by atoms with van der Waals surface area (Å²) in [5.41, 5.74) is 0.450. The number of anilines is 1. The molecule has 2 N–H and O–H groups in total. The second-order valence-corrected chi connectivity index (χ2v) is 5.24. The molecule has 102 valence electrons. The molecule has 2 aromatic heterocycles. The first-order valence-electron chi connectivity index (χ1n) is 5.57. The monoisotopic (exact) mass is 283 g/mol. The average molecular weight is 283 g/mol. The molecule has 0 atom stereocenters. The fraction of sp³-hybridized carbons (Fsp3) is 0.300. The number of sulfonamides is 1. The van der Waals surface area contributed by atoms with Crippen LogP contribution in [0.1, 0.15) is 12.7 Å². The summed E-state index contributed by atoms with van der Waals surface area (Å²) in [6.45, 7) is 2.41. The summed E-state index contributed by atoms with van der Waals surface area (Å²) >= 11 is 0. The summed E-state index contributed by atoms with van der Waals surface area (Å²) in [5, 5.41) is 6.41. The van der Waals surface area contributed by atoms with Crippen molar-refractivity contribution in [2.24, 2.45) is 0 Å². The molecule has 8 nitrogen and oxygen atoms in total. The Hall–Kier alpha value is -2.00. The minimum Gasteiger partial charge on any atom is -0.383 e. The molecule has 2 aromatic rings. The van der Waals surface area contributed by atoms with Crippen LogP contribution in [0.2, 0.25) is 0 Å². The van der Waals surface area contributed by atoms with Crippen LogP contribution >= 0.6 is 0 Å². The quantitative estimate of drug-likeness (QED) is 0.788. The third kappa shape index (κ3) is 3.26. The summed E-state index contributed by atoms with van der Waals surface area (Å²) in [6, 6.07) is 3.32. The molecule has 0 amide bonds. The predicted molar refractivity (Wildman–Crippen MR) is 66.7 cm³/mol. The first-order chi connectivity index (χ1) is 9.13. The molecule has 0 spiro atoms. The van der Waals surface area contributed by atoms with E-state index in [1.54, 1.807) is 12.1 Å². The van der Waals surface area contributed by atoms with Gasteiger partial charge in [0.15, 0.2) is 10.9 Å². The highest BCUT2D eigenvalue weighted by atomic mass is 32.2. The largest absolute Gasteiger partial charge is 0.383 e. The molecule has 0 radical (unpaired) electrons. The Balaban J connectivity index is 2.19. The van der Waals surface area contributed by atoms with Crippen LogP contribution in [0.3, 0.4) is 0 Å². The molecule has 19 heavy (non-hydrogen) atoms. The van der Waals surface area contributed by atoms with Crippen LogP contribution in [-0.2, 0) is 16.6 Å². The summed E-state index contributed by atoms with van der Waals surface area (Å²) < 4.78 is 31.1. The molecule has 0 aliphatic carbocycles. The van der Waals surface area contributed by atoms with E-state index in [1.165, 1.54) is 6.20 Å². The second-order valence-electron chi connectivity index (χ2n) is 3.56. The van der Waals surface area contributed by atoms with E-state index in [4.69, 9.17) is 0 Å². The van der Waals surface area contributed by atoms with Crippen LogP contribution in [0, 0.1) is 0 Å². The number of nitrogens with zero attached hydrogens (tertiary/aromatic N) is 3. The lowest BCUT2D eigenvalue weighted by Crippen LogP contribution is -2.25. The van der Waals surface area contributed by atoms with Crippen molar-refractivity contribution in [2.45, 2.75) is 18.5 Å². The third-order valence-corrected chi connectivity index (χ3v) is 3.58. The fourth-order valence-electron chi connectivity index (χ4n) is 1.43. The highest BCUT2D eigenvalue weighted by Gasteiger charge is 2.20. The molecule has 0 saturated heterocycles. The van der Waals surface area contributed by atoms with E-state index >= 15 is 0 Å². The molecule has 2 heterocycles. The van der Waals surface area contributed by atoms with Gasteiger partial charge < -0.3 is 9.84 Å². The van der Waals surface area contributed by atoms with E-state index in [0.29, 0.717) is 12.2 Å². The normalized spacial score (nSPS) is 11.4. The average Bonchev–Trinajstić information content (AvgIpc) is 2.91. The Morgan fingerprint density at radius 3 is 2.89 bits per heavy atom. The maximum absolute atomic E-state index is 12.1. The zero-order valence-corrected chi connectivity index (χ0v) is 11.0. The van der Waals surface area contributed by atoms with Crippen molar-refractivity contribution < 1.29 is 12.9 Å². The molecular weight excluding hydrogens is 270 g/mol. The lowest BCUT2D eigenvalue weighted by molar-refractivity contribution is 0.409. The molecule has 0 aliphatic rings. The van der Waals surface area contributed by atoms with Crippen molar-refractivity contribution >= 4 is 15.7 Å². The maximum Gasteiger partial charge on any atom is 0.260 e. The van der Waals surface area contributed by atoms with Gasteiger partial charge in [0.1, 0.15) is 0 Å². The molecule has 0 saturated carbocycles. The molecule has 0 bridgehead atoms. The fourth-order valence-corrected chi connectivity index (χ4v) is 2.51. The number of hydrogen-bond acceptors (Lipinski definition) is 7. The molecular formula is C10H13N5O3S. The van der Waals surface area contributed by atoms with Gasteiger partial charge in [-0.2, -0.15) is 4.98 Å². The van der Waals surface area contributed by atoms with Crippen LogP contribution in [0.5, 0.6) is 0 Å². The lowest BCUT2D eigenvalue weighted by atomic mass is 10.4. The Labute approximate surface area is 110 Å². The number of rotatable bonds is 6. The molecule has 0 fully saturated rings. The minimum absolute atomic E-state index is 0.0546. The number of pyridine rings is 1. The van der Waals surface area contributed by atoms with Gasteiger partial charge in [-0.25, -0.2) is 18.1 Å². The van der Waals surface area contributed by atoms with E-state index in [-0.39, 0.29) is 17.4 Å². The van der Waals surface area contributed by atoms with E-state index in [9.17, 15) is 8.42 Å². The van der Waals surface area contributed by atoms with Crippen molar-refractivity contribution in [3.8, 4) is 0 Å². The summed E-state index contributed by atoms with van der Waals surface area (Å²) in [6.07, 6.45) is 2.55. The van der Waals surface area contributed by atoms with E-state index in [0.717, 1.165) is 6.39 Å². The SMILES string of the molecule is CCNc1cccnc1S(=O)(=O)NCc1ncon1. The second kappa shape index (κ2) is 5.76. The molecule has 0 aromatic carbocycles. The van der Waals surface area contributed by atoms with E-state index in [1.807, 2.05) is 6.92 Å². The third-order valence-electron chi connectivity index (χ3n) is 2.22. The van der Waals surface area contributed by atoms with Gasteiger partial charge in [-0.3, -0.25) is 0 Å². The Kier molecular flexibility index (Phi) is 4.07. The van der Waals surface area contributed by atoms with Crippen molar-refractivity contribution in [3.63, 3.8) is 0 Å². The number of nitrogens with one attached hydrogen (secondary N) is 2. The standard InChI is InChI=1S/C10H13N5O3S/c1-2-11-8-4-3-5-12-10(8)19(16,17)14-6-9-13-7-18-15-9/h3-5,7,11,14H,2,6H2,1H3. The van der Waals surface area contributed by atoms with Gasteiger partial charge >= 0.3 is 0 Å². The van der Waals surface area contributed by atoms with Gasteiger partial charge in [-0.1, -0.05) is 5.16 Å². The van der Waals surface area contributed by atoms with Gasteiger partial charge in [0.25, 0.3) is 10.0 Å². The van der Waals surface area contributed by atoms with Crippen molar-refractivity contribution in [1.82, 2.24) is 19.8 Å². The van der Waals surface area contributed by atoms with Crippen LogP contribution in [0.15, 0.2) is 34.3 Å². The Morgan fingerprint density at radius 1 is 1.37 bits per heavy atom. The number of hydrogen-bond donors (Lipinski definition) is 2. The maximum atomic E-state index is 12.1. The summed E-state index contributed by atoms with van der Waals surface area (Å²) in [5.74, 6) is 0.254. The highest BCUT2D eigenvalue weighted by Crippen LogP contribution is 2.17. The molecule has 0 unspecified atom stereocenters. The van der Waals surface area contributed by atoms with Crippen LogP contribution in [-0.4, -0.2) is 30.1 Å². The molecule has 2 rings (SSSR count). The lowest BCUT2D eigenvalue weighted by Gasteiger charge is -2.10. The van der Waals surface area contributed by atoms with Gasteiger partial charge in [0.2, 0.25) is 6.39 Å². The predicted octanol–water partition coefficient (Wildman–Crippen LogP) is 0.375. The summed E-state index contributed by atoms with van der Waals surface area (Å²) in [7, 11) is -3.73. The van der Waals surface area contributed by atoms with Crippen molar-refractivity contribution in [1.29, 1.82) is 0 Å². The first-order valence-corrected chi connectivity index (χ1v) is 7.05. The van der Waals surface area contributed by atoms with Crippen LogP contribution < -0.4 is 10.0 Å². The number of aromatic nitrogens is 3. The first kappa shape index (κ1) is 13.4. The zero-order chi connectivity index (χ0) is 13.7. The van der Waals surface area contributed by atoms with E-state index < -0.39 is 10.0 Å². The topological polar surface area (TPSA) is 110 Å².